The Labute approximate surface area is 128 Å². The second-order valence-corrected chi connectivity index (χ2v) is 6.54. The summed E-state index contributed by atoms with van der Waals surface area (Å²) in [5.41, 5.74) is -0.199. The van der Waals surface area contributed by atoms with Gasteiger partial charge >= 0.3 is 5.97 Å². The van der Waals surface area contributed by atoms with Gasteiger partial charge in [0.15, 0.2) is 17.9 Å². The summed E-state index contributed by atoms with van der Waals surface area (Å²) in [6.45, 7) is 5.88. The summed E-state index contributed by atoms with van der Waals surface area (Å²) in [5.74, 6) is -3.31. The number of hydrogen-bond acceptors (Lipinski definition) is 2. The van der Waals surface area contributed by atoms with Gasteiger partial charge in [-0.1, -0.05) is 32.9 Å². The van der Waals surface area contributed by atoms with E-state index in [1.54, 1.807) is 0 Å². The first kappa shape index (κ1) is 18.5. The van der Waals surface area contributed by atoms with Crippen molar-refractivity contribution in [1.82, 2.24) is 5.32 Å². The SMILES string of the molecule is CC(C)(C)CCC(N[C@H](F)Cc1cccc(F)c1F)C(=O)O. The molecule has 1 rings (SSSR count). The Balaban J connectivity index is 2.65. The number of halogens is 3. The number of carboxylic acid groups (broad SMARTS) is 1. The van der Waals surface area contributed by atoms with Crippen molar-refractivity contribution in [2.75, 3.05) is 0 Å². The van der Waals surface area contributed by atoms with Crippen LogP contribution in [0.4, 0.5) is 13.2 Å². The van der Waals surface area contributed by atoms with Gasteiger partial charge in [0, 0.05) is 6.42 Å². The molecule has 3 nitrogen and oxygen atoms in total. The summed E-state index contributed by atoms with van der Waals surface area (Å²) in [5, 5.41) is 11.4. The fraction of sp³-hybridized carbons (Fsp3) is 0.562. The summed E-state index contributed by atoms with van der Waals surface area (Å²) in [6, 6.07) is 2.45. The molecule has 6 heteroatoms. The van der Waals surface area contributed by atoms with Crippen LogP contribution in [0, 0.1) is 17.0 Å². The van der Waals surface area contributed by atoms with Gasteiger partial charge < -0.3 is 5.11 Å². The molecule has 1 unspecified atom stereocenters. The number of rotatable bonds is 7. The third kappa shape index (κ3) is 6.05. The third-order valence-corrected chi connectivity index (χ3v) is 3.29. The Morgan fingerprint density at radius 3 is 2.50 bits per heavy atom. The lowest BCUT2D eigenvalue weighted by Gasteiger charge is -2.23. The molecule has 22 heavy (non-hydrogen) atoms. The average Bonchev–Trinajstić information content (AvgIpc) is 2.38. The summed E-state index contributed by atoms with van der Waals surface area (Å²) in [6.07, 6.45) is -1.34. The van der Waals surface area contributed by atoms with Crippen molar-refractivity contribution in [2.45, 2.75) is 52.4 Å². The molecule has 0 fully saturated rings. The standard InChI is InChI=1S/C16H22F3NO2/c1-16(2,3)8-7-12(15(21)22)20-13(18)9-10-5-4-6-11(17)14(10)19/h4-6,12-13,20H,7-9H2,1-3H3,(H,21,22)/t12?,13-/m0/s1. The summed E-state index contributed by atoms with van der Waals surface area (Å²) >= 11 is 0. The molecule has 0 heterocycles. The van der Waals surface area contributed by atoms with E-state index in [2.05, 4.69) is 5.32 Å². The first-order valence-electron chi connectivity index (χ1n) is 7.16. The molecule has 0 amide bonds. The average molecular weight is 317 g/mol. The highest BCUT2D eigenvalue weighted by atomic mass is 19.2. The number of carboxylic acids is 1. The molecule has 0 radical (unpaired) electrons. The zero-order valence-corrected chi connectivity index (χ0v) is 13.0. The van der Waals surface area contributed by atoms with Gasteiger partial charge in [-0.2, -0.15) is 0 Å². The van der Waals surface area contributed by atoms with Gasteiger partial charge in [0.1, 0.15) is 6.04 Å². The zero-order valence-electron chi connectivity index (χ0n) is 13.0. The zero-order chi connectivity index (χ0) is 16.9. The number of benzene rings is 1. The fourth-order valence-electron chi connectivity index (χ4n) is 2.03. The van der Waals surface area contributed by atoms with Crippen LogP contribution in [0.5, 0.6) is 0 Å². The molecule has 1 aromatic carbocycles. The lowest BCUT2D eigenvalue weighted by atomic mass is 9.88. The quantitative estimate of drug-likeness (QED) is 0.754. The van der Waals surface area contributed by atoms with E-state index in [9.17, 15) is 18.0 Å². The minimum atomic E-state index is -1.77. The van der Waals surface area contributed by atoms with Crippen molar-refractivity contribution in [2.24, 2.45) is 5.41 Å². The topological polar surface area (TPSA) is 49.3 Å². The first-order valence-corrected chi connectivity index (χ1v) is 7.16. The van der Waals surface area contributed by atoms with Gasteiger partial charge in [-0.15, -0.1) is 0 Å². The lowest BCUT2D eigenvalue weighted by molar-refractivity contribution is -0.140. The van der Waals surface area contributed by atoms with Gasteiger partial charge in [0.2, 0.25) is 0 Å². The Hall–Kier alpha value is -1.56. The maximum Gasteiger partial charge on any atom is 0.320 e. The van der Waals surface area contributed by atoms with Crippen molar-refractivity contribution in [1.29, 1.82) is 0 Å². The Morgan fingerprint density at radius 1 is 1.32 bits per heavy atom. The lowest BCUT2D eigenvalue weighted by Crippen LogP contribution is -2.43. The number of hydrogen-bond donors (Lipinski definition) is 2. The minimum absolute atomic E-state index is 0.0736. The summed E-state index contributed by atoms with van der Waals surface area (Å²) < 4.78 is 40.5. The fourth-order valence-corrected chi connectivity index (χ4v) is 2.03. The van der Waals surface area contributed by atoms with Crippen LogP contribution in [0.25, 0.3) is 0 Å². The molecule has 0 saturated heterocycles. The van der Waals surface area contributed by atoms with E-state index in [1.165, 1.54) is 12.1 Å². The Morgan fingerprint density at radius 2 is 1.95 bits per heavy atom. The molecule has 0 aliphatic rings. The third-order valence-electron chi connectivity index (χ3n) is 3.29. The highest BCUT2D eigenvalue weighted by Crippen LogP contribution is 2.22. The molecule has 124 valence electrons. The monoisotopic (exact) mass is 317 g/mol. The molecule has 0 aliphatic carbocycles. The van der Waals surface area contributed by atoms with E-state index in [1.807, 2.05) is 20.8 Å². The second-order valence-electron chi connectivity index (χ2n) is 6.54. The van der Waals surface area contributed by atoms with Gasteiger partial charge in [-0.25, -0.2) is 13.2 Å². The Bertz CT molecular complexity index is 515. The van der Waals surface area contributed by atoms with Crippen LogP contribution in [0.15, 0.2) is 18.2 Å². The molecule has 0 bridgehead atoms. The smallest absolute Gasteiger partial charge is 0.320 e. The van der Waals surface area contributed by atoms with Crippen LogP contribution in [0.1, 0.15) is 39.2 Å². The maximum atomic E-state index is 14.0. The molecule has 2 atom stereocenters. The van der Waals surface area contributed by atoms with Crippen molar-refractivity contribution < 1.29 is 23.1 Å². The van der Waals surface area contributed by atoms with Crippen LogP contribution in [0.2, 0.25) is 0 Å². The second kappa shape index (κ2) is 7.63. The van der Waals surface area contributed by atoms with Crippen molar-refractivity contribution >= 4 is 5.97 Å². The van der Waals surface area contributed by atoms with Crippen LogP contribution in [-0.2, 0) is 11.2 Å². The van der Waals surface area contributed by atoms with Gasteiger partial charge in [-0.05, 0) is 29.9 Å². The van der Waals surface area contributed by atoms with E-state index in [0.717, 1.165) is 6.07 Å². The van der Waals surface area contributed by atoms with E-state index < -0.39 is 36.4 Å². The number of nitrogens with one attached hydrogen (secondary N) is 1. The van der Waals surface area contributed by atoms with Gasteiger partial charge in [0.05, 0.1) is 0 Å². The molecule has 0 aliphatic heterocycles. The highest BCUT2D eigenvalue weighted by molar-refractivity contribution is 5.73. The summed E-state index contributed by atoms with van der Waals surface area (Å²) in [7, 11) is 0. The highest BCUT2D eigenvalue weighted by Gasteiger charge is 2.24. The predicted octanol–water partition coefficient (Wildman–Crippen LogP) is 3.67. The summed E-state index contributed by atoms with van der Waals surface area (Å²) in [4.78, 5) is 11.2. The molecule has 0 spiro atoms. The van der Waals surface area contributed by atoms with E-state index in [4.69, 9.17) is 5.11 Å². The molecule has 0 saturated carbocycles. The molecule has 2 N–H and O–H groups in total. The van der Waals surface area contributed by atoms with Crippen LogP contribution < -0.4 is 5.32 Å². The van der Waals surface area contributed by atoms with Crippen LogP contribution in [-0.4, -0.2) is 23.4 Å². The predicted molar refractivity (Wildman–Crippen MR) is 78.2 cm³/mol. The van der Waals surface area contributed by atoms with Crippen molar-refractivity contribution in [3.63, 3.8) is 0 Å². The van der Waals surface area contributed by atoms with Gasteiger partial charge in [-0.3, -0.25) is 10.1 Å². The molecule has 1 aromatic rings. The first-order chi connectivity index (χ1) is 10.1. The maximum absolute atomic E-state index is 14.0. The Kier molecular flexibility index (Phi) is 6.41. The van der Waals surface area contributed by atoms with Crippen molar-refractivity contribution in [3.8, 4) is 0 Å². The normalized spacial score (nSPS) is 14.6. The minimum Gasteiger partial charge on any atom is -0.480 e. The number of aliphatic carboxylic acids is 1. The van der Waals surface area contributed by atoms with E-state index >= 15 is 0 Å². The van der Waals surface area contributed by atoms with Crippen LogP contribution >= 0.6 is 0 Å². The molecular formula is C16H22F3NO2. The van der Waals surface area contributed by atoms with E-state index in [-0.39, 0.29) is 17.4 Å². The number of alkyl halides is 1. The largest absolute Gasteiger partial charge is 0.480 e. The van der Waals surface area contributed by atoms with Crippen LogP contribution in [0.3, 0.4) is 0 Å². The van der Waals surface area contributed by atoms with E-state index in [0.29, 0.717) is 6.42 Å². The molecular weight excluding hydrogens is 295 g/mol. The van der Waals surface area contributed by atoms with Crippen molar-refractivity contribution in [3.05, 3.63) is 35.4 Å². The van der Waals surface area contributed by atoms with Gasteiger partial charge in [0.25, 0.3) is 0 Å². The molecule has 0 aromatic heterocycles. The number of carbonyl (C=O) groups is 1.